The van der Waals surface area contributed by atoms with E-state index in [2.05, 4.69) is 69.6 Å². The van der Waals surface area contributed by atoms with Crippen molar-refractivity contribution in [1.29, 1.82) is 0 Å². The molecule has 0 radical (unpaired) electrons. The van der Waals surface area contributed by atoms with Crippen LogP contribution in [0.1, 0.15) is 39.5 Å². The number of aliphatic imine (C=N–C) groups is 1. The van der Waals surface area contributed by atoms with E-state index >= 15 is 0 Å². The third kappa shape index (κ3) is 9.65. The third-order valence-electron chi connectivity index (χ3n) is 4.81. The van der Waals surface area contributed by atoms with Gasteiger partial charge < -0.3 is 15.5 Å². The van der Waals surface area contributed by atoms with Gasteiger partial charge >= 0.3 is 0 Å². The number of hydrogen-bond donors (Lipinski definition) is 2. The molecular weight excluding hydrogens is 449 g/mol. The van der Waals surface area contributed by atoms with Crippen molar-refractivity contribution in [3.8, 4) is 0 Å². The van der Waals surface area contributed by atoms with Crippen molar-refractivity contribution < 1.29 is 0 Å². The molecule has 0 aromatic heterocycles. The summed E-state index contributed by atoms with van der Waals surface area (Å²) in [5.41, 5.74) is 1.35. The van der Waals surface area contributed by atoms with Crippen LogP contribution in [-0.2, 0) is 0 Å². The first-order valence-corrected chi connectivity index (χ1v) is 10.4. The van der Waals surface area contributed by atoms with Gasteiger partial charge in [-0.05, 0) is 44.9 Å². The van der Waals surface area contributed by atoms with Crippen LogP contribution in [0, 0.1) is 0 Å². The highest BCUT2D eigenvalue weighted by atomic mass is 127. The zero-order chi connectivity index (χ0) is 18.5. The molecule has 0 spiro atoms. The highest BCUT2D eigenvalue weighted by Crippen LogP contribution is 2.15. The number of nitrogens with one attached hydrogen (secondary N) is 2. The maximum Gasteiger partial charge on any atom is 0.191 e. The molecule has 1 aliphatic heterocycles. The van der Waals surface area contributed by atoms with Crippen molar-refractivity contribution in [3.05, 3.63) is 30.3 Å². The van der Waals surface area contributed by atoms with E-state index in [-0.39, 0.29) is 24.0 Å². The van der Waals surface area contributed by atoms with E-state index in [1.54, 1.807) is 0 Å². The minimum absolute atomic E-state index is 0. The quantitative estimate of drug-likeness (QED) is 0.229. The molecule has 1 saturated heterocycles. The van der Waals surface area contributed by atoms with Crippen LogP contribution in [0.5, 0.6) is 0 Å². The second kappa shape index (κ2) is 15.0. The number of anilines is 1. The topological polar surface area (TPSA) is 42.9 Å². The average Bonchev–Trinajstić information content (AvgIpc) is 2.69. The van der Waals surface area contributed by atoms with Gasteiger partial charge in [-0.3, -0.25) is 9.89 Å². The van der Waals surface area contributed by atoms with Gasteiger partial charge in [0, 0.05) is 51.5 Å². The molecule has 6 heteroatoms. The Morgan fingerprint density at radius 1 is 0.963 bits per heavy atom. The number of benzene rings is 1. The van der Waals surface area contributed by atoms with Gasteiger partial charge in [-0.15, -0.1) is 24.0 Å². The Morgan fingerprint density at radius 3 is 2.37 bits per heavy atom. The highest BCUT2D eigenvalue weighted by Gasteiger charge is 2.16. The highest BCUT2D eigenvalue weighted by molar-refractivity contribution is 14.0. The molecule has 0 amide bonds. The van der Waals surface area contributed by atoms with Gasteiger partial charge in [0.05, 0.1) is 0 Å². The van der Waals surface area contributed by atoms with Crippen LogP contribution < -0.4 is 15.5 Å². The summed E-state index contributed by atoms with van der Waals surface area (Å²) in [6.07, 6.45) is 4.79. The van der Waals surface area contributed by atoms with Crippen LogP contribution in [0.25, 0.3) is 0 Å². The Balaban J connectivity index is 0.00000364. The van der Waals surface area contributed by atoms with Crippen LogP contribution in [0.3, 0.4) is 0 Å². The standard InChI is InChI=1S/C21H37N5.HI/c1-3-5-13-23-21(22-4-2)24-14-9-10-15-25-16-18-26(19-17-25)20-11-7-6-8-12-20;/h6-8,11-12H,3-5,9-10,13-19H2,1-2H3,(H2,22,23,24);1H. The molecular formula is C21H38IN5. The molecule has 1 aliphatic rings. The maximum absolute atomic E-state index is 4.69. The summed E-state index contributed by atoms with van der Waals surface area (Å²) >= 11 is 0. The first-order chi connectivity index (χ1) is 12.8. The fraction of sp³-hybridized carbons (Fsp3) is 0.667. The predicted molar refractivity (Wildman–Crippen MR) is 129 cm³/mol. The molecule has 1 fully saturated rings. The normalized spacial score (nSPS) is 15.3. The monoisotopic (exact) mass is 487 g/mol. The van der Waals surface area contributed by atoms with Crippen molar-refractivity contribution in [2.45, 2.75) is 39.5 Å². The fourth-order valence-corrected chi connectivity index (χ4v) is 3.23. The van der Waals surface area contributed by atoms with Crippen molar-refractivity contribution >= 4 is 35.6 Å². The molecule has 2 rings (SSSR count). The molecule has 0 unspecified atom stereocenters. The number of para-hydroxylation sites is 1. The molecule has 2 N–H and O–H groups in total. The molecule has 0 aliphatic carbocycles. The molecule has 27 heavy (non-hydrogen) atoms. The van der Waals surface area contributed by atoms with Crippen LogP contribution in [-0.4, -0.2) is 63.2 Å². The number of rotatable bonds is 10. The molecule has 0 saturated carbocycles. The Kier molecular flexibility index (Phi) is 13.3. The summed E-state index contributed by atoms with van der Waals surface area (Å²) in [7, 11) is 0. The van der Waals surface area contributed by atoms with Gasteiger partial charge in [-0.25, -0.2) is 0 Å². The van der Waals surface area contributed by atoms with Gasteiger partial charge in [-0.1, -0.05) is 31.5 Å². The lowest BCUT2D eigenvalue weighted by atomic mass is 10.2. The van der Waals surface area contributed by atoms with Gasteiger partial charge in [0.25, 0.3) is 0 Å². The summed E-state index contributed by atoms with van der Waals surface area (Å²) in [6.45, 7) is 13.0. The molecule has 5 nitrogen and oxygen atoms in total. The summed E-state index contributed by atoms with van der Waals surface area (Å²) in [5, 5.41) is 6.73. The number of halogens is 1. The summed E-state index contributed by atoms with van der Waals surface area (Å²) in [5.74, 6) is 0.970. The Bertz CT molecular complexity index is 501. The summed E-state index contributed by atoms with van der Waals surface area (Å²) in [4.78, 5) is 9.77. The van der Waals surface area contributed by atoms with E-state index in [0.717, 1.165) is 45.1 Å². The smallest absolute Gasteiger partial charge is 0.191 e. The minimum Gasteiger partial charge on any atom is -0.369 e. The van der Waals surface area contributed by atoms with Gasteiger partial charge in [0.2, 0.25) is 0 Å². The number of hydrogen-bond acceptors (Lipinski definition) is 3. The third-order valence-corrected chi connectivity index (χ3v) is 4.81. The van der Waals surface area contributed by atoms with Crippen LogP contribution in [0.15, 0.2) is 35.3 Å². The van der Waals surface area contributed by atoms with Crippen LogP contribution in [0.2, 0.25) is 0 Å². The fourth-order valence-electron chi connectivity index (χ4n) is 3.23. The van der Waals surface area contributed by atoms with E-state index in [1.807, 2.05) is 0 Å². The van der Waals surface area contributed by atoms with Crippen LogP contribution >= 0.6 is 24.0 Å². The molecule has 0 bridgehead atoms. The first-order valence-electron chi connectivity index (χ1n) is 10.4. The van der Waals surface area contributed by atoms with E-state index in [1.165, 1.54) is 44.6 Å². The van der Waals surface area contributed by atoms with Crippen molar-refractivity contribution in [1.82, 2.24) is 15.5 Å². The van der Waals surface area contributed by atoms with Crippen molar-refractivity contribution in [2.24, 2.45) is 4.99 Å². The largest absolute Gasteiger partial charge is 0.369 e. The van der Waals surface area contributed by atoms with E-state index in [4.69, 9.17) is 0 Å². The number of piperazine rings is 1. The Hall–Kier alpha value is -1.02. The molecule has 1 aromatic rings. The van der Waals surface area contributed by atoms with Crippen molar-refractivity contribution in [2.75, 3.05) is 57.3 Å². The summed E-state index contributed by atoms with van der Waals surface area (Å²) < 4.78 is 0. The maximum atomic E-state index is 4.69. The Morgan fingerprint density at radius 2 is 1.70 bits per heavy atom. The Labute approximate surface area is 183 Å². The van der Waals surface area contributed by atoms with E-state index in [0.29, 0.717) is 0 Å². The molecule has 0 atom stereocenters. The zero-order valence-electron chi connectivity index (χ0n) is 17.1. The lowest BCUT2D eigenvalue weighted by Gasteiger charge is -2.36. The summed E-state index contributed by atoms with van der Waals surface area (Å²) in [6, 6.07) is 10.8. The lowest BCUT2D eigenvalue weighted by molar-refractivity contribution is 0.253. The zero-order valence-corrected chi connectivity index (χ0v) is 19.5. The van der Waals surface area contributed by atoms with E-state index < -0.39 is 0 Å². The average molecular weight is 487 g/mol. The van der Waals surface area contributed by atoms with Gasteiger partial charge in [0.1, 0.15) is 0 Å². The van der Waals surface area contributed by atoms with E-state index in [9.17, 15) is 0 Å². The minimum atomic E-state index is 0. The second-order valence-corrected chi connectivity index (χ2v) is 6.91. The first kappa shape index (κ1) is 24.0. The SMILES string of the molecule is CCCCNC(=NCCCCN1CCN(c2ccccc2)CC1)NCC.I. The number of unbranched alkanes of at least 4 members (excludes halogenated alkanes) is 2. The van der Waals surface area contributed by atoms with Crippen LogP contribution in [0.4, 0.5) is 5.69 Å². The molecule has 154 valence electrons. The molecule has 1 heterocycles. The van der Waals surface area contributed by atoms with Gasteiger partial charge in [-0.2, -0.15) is 0 Å². The van der Waals surface area contributed by atoms with Gasteiger partial charge in [0.15, 0.2) is 5.96 Å². The second-order valence-electron chi connectivity index (χ2n) is 6.91. The number of nitrogens with zero attached hydrogens (tertiary/aromatic N) is 3. The van der Waals surface area contributed by atoms with Crippen molar-refractivity contribution in [3.63, 3.8) is 0 Å². The predicted octanol–water partition coefficient (Wildman–Crippen LogP) is 3.56. The number of guanidine groups is 1. The molecule has 1 aromatic carbocycles. The lowest BCUT2D eigenvalue weighted by Crippen LogP contribution is -2.46.